The Morgan fingerprint density at radius 2 is 2.32 bits per heavy atom. The van der Waals surface area contributed by atoms with E-state index < -0.39 is 0 Å². The van der Waals surface area contributed by atoms with Crippen LogP contribution in [0.3, 0.4) is 0 Å². The standard InChI is InChI=1S/C15H18N2OS/c1-11-4-2-3-5-14(11)17-15(18)13(9-16)8-12-6-7-19-10-12/h6-8,10-11,14H,2-5H2,1H3,(H,17,18)/b13-8+/t11-,14-/m0/s1. The highest BCUT2D eigenvalue weighted by molar-refractivity contribution is 7.08. The molecule has 2 rings (SSSR count). The summed E-state index contributed by atoms with van der Waals surface area (Å²) in [4.78, 5) is 12.1. The zero-order chi connectivity index (χ0) is 13.7. The number of hydrogen-bond acceptors (Lipinski definition) is 3. The summed E-state index contributed by atoms with van der Waals surface area (Å²) >= 11 is 1.55. The first-order chi connectivity index (χ1) is 9.20. The van der Waals surface area contributed by atoms with Gasteiger partial charge in [0.15, 0.2) is 0 Å². The first kappa shape index (κ1) is 13.8. The lowest BCUT2D eigenvalue weighted by atomic mass is 9.86. The Kier molecular flexibility index (Phi) is 4.75. The summed E-state index contributed by atoms with van der Waals surface area (Å²) in [6.07, 6.45) is 6.22. The Labute approximate surface area is 117 Å². The van der Waals surface area contributed by atoms with Crippen molar-refractivity contribution in [2.75, 3.05) is 0 Å². The molecule has 0 bridgehead atoms. The van der Waals surface area contributed by atoms with E-state index in [0.29, 0.717) is 5.92 Å². The first-order valence-corrected chi connectivity index (χ1v) is 7.60. The summed E-state index contributed by atoms with van der Waals surface area (Å²) in [6.45, 7) is 2.17. The minimum Gasteiger partial charge on any atom is -0.348 e. The zero-order valence-corrected chi connectivity index (χ0v) is 11.9. The minimum atomic E-state index is -0.243. The highest BCUT2D eigenvalue weighted by atomic mass is 32.1. The Hall–Kier alpha value is -1.60. The second-order valence-corrected chi connectivity index (χ2v) is 5.85. The highest BCUT2D eigenvalue weighted by Crippen LogP contribution is 2.24. The average Bonchev–Trinajstić information content (AvgIpc) is 2.91. The summed E-state index contributed by atoms with van der Waals surface area (Å²) in [7, 11) is 0. The number of nitrogens with one attached hydrogen (secondary N) is 1. The molecule has 0 spiro atoms. The van der Waals surface area contributed by atoms with Crippen molar-refractivity contribution in [3.8, 4) is 6.07 Å². The molecule has 1 aliphatic rings. The molecular formula is C15H18N2OS. The van der Waals surface area contributed by atoms with Gasteiger partial charge in [0.1, 0.15) is 11.6 Å². The number of nitrogens with zero attached hydrogens (tertiary/aromatic N) is 1. The van der Waals surface area contributed by atoms with Gasteiger partial charge in [0.05, 0.1) is 0 Å². The molecule has 1 amide bonds. The van der Waals surface area contributed by atoms with Crippen LogP contribution in [0.15, 0.2) is 22.4 Å². The number of hydrogen-bond donors (Lipinski definition) is 1. The van der Waals surface area contributed by atoms with Gasteiger partial charge in [-0.2, -0.15) is 16.6 Å². The predicted octanol–water partition coefficient (Wildman–Crippen LogP) is 3.35. The Bertz CT molecular complexity index is 499. The van der Waals surface area contributed by atoms with Gasteiger partial charge in [-0.05, 0) is 47.2 Å². The second-order valence-electron chi connectivity index (χ2n) is 5.07. The van der Waals surface area contributed by atoms with Gasteiger partial charge in [0.2, 0.25) is 0 Å². The average molecular weight is 274 g/mol. The second kappa shape index (κ2) is 6.53. The smallest absolute Gasteiger partial charge is 0.262 e. The predicted molar refractivity (Wildman–Crippen MR) is 77.5 cm³/mol. The molecule has 1 fully saturated rings. The van der Waals surface area contributed by atoms with Gasteiger partial charge < -0.3 is 5.32 Å². The molecule has 0 unspecified atom stereocenters. The Morgan fingerprint density at radius 1 is 1.53 bits per heavy atom. The molecule has 0 saturated heterocycles. The van der Waals surface area contributed by atoms with Gasteiger partial charge in [0.25, 0.3) is 5.91 Å². The molecule has 1 heterocycles. The molecule has 3 nitrogen and oxygen atoms in total. The monoisotopic (exact) mass is 274 g/mol. The minimum absolute atomic E-state index is 0.191. The van der Waals surface area contributed by atoms with Crippen LogP contribution in [0.25, 0.3) is 6.08 Å². The van der Waals surface area contributed by atoms with Gasteiger partial charge in [-0.15, -0.1) is 0 Å². The van der Waals surface area contributed by atoms with Crippen molar-refractivity contribution in [1.82, 2.24) is 5.32 Å². The summed E-state index contributed by atoms with van der Waals surface area (Å²) in [6, 6.07) is 4.11. The largest absolute Gasteiger partial charge is 0.348 e. The molecule has 4 heteroatoms. The van der Waals surface area contributed by atoms with E-state index in [1.807, 2.05) is 22.9 Å². The van der Waals surface area contributed by atoms with Crippen molar-refractivity contribution >= 4 is 23.3 Å². The fourth-order valence-electron chi connectivity index (χ4n) is 2.45. The maximum absolute atomic E-state index is 12.1. The molecular weight excluding hydrogens is 256 g/mol. The number of carbonyl (C=O) groups excluding carboxylic acids is 1. The van der Waals surface area contributed by atoms with Crippen LogP contribution in [-0.2, 0) is 4.79 Å². The molecule has 2 atom stereocenters. The zero-order valence-electron chi connectivity index (χ0n) is 11.1. The normalized spacial score (nSPS) is 23.7. The van der Waals surface area contributed by atoms with Crippen molar-refractivity contribution in [3.05, 3.63) is 28.0 Å². The van der Waals surface area contributed by atoms with Crippen LogP contribution >= 0.6 is 11.3 Å². The molecule has 19 heavy (non-hydrogen) atoms. The van der Waals surface area contributed by atoms with Gasteiger partial charge in [-0.3, -0.25) is 4.79 Å². The molecule has 0 aliphatic heterocycles. The van der Waals surface area contributed by atoms with Crippen molar-refractivity contribution in [2.24, 2.45) is 5.92 Å². The van der Waals surface area contributed by atoms with E-state index >= 15 is 0 Å². The lowest BCUT2D eigenvalue weighted by molar-refractivity contribution is -0.118. The van der Waals surface area contributed by atoms with Crippen LogP contribution in [0.4, 0.5) is 0 Å². The van der Waals surface area contributed by atoms with E-state index in [1.165, 1.54) is 6.42 Å². The molecule has 1 saturated carbocycles. The van der Waals surface area contributed by atoms with Crippen LogP contribution in [-0.4, -0.2) is 11.9 Å². The quantitative estimate of drug-likeness (QED) is 0.679. The Morgan fingerprint density at radius 3 is 2.95 bits per heavy atom. The SMILES string of the molecule is C[C@H]1CCCC[C@@H]1NC(=O)/C(C#N)=C/c1ccsc1. The molecule has 0 aromatic carbocycles. The van der Waals surface area contributed by atoms with E-state index in [4.69, 9.17) is 5.26 Å². The van der Waals surface area contributed by atoms with Crippen LogP contribution < -0.4 is 5.32 Å². The van der Waals surface area contributed by atoms with Crippen LogP contribution in [0, 0.1) is 17.2 Å². The lowest BCUT2D eigenvalue weighted by Gasteiger charge is -2.29. The highest BCUT2D eigenvalue weighted by Gasteiger charge is 2.23. The van der Waals surface area contributed by atoms with Gasteiger partial charge in [-0.25, -0.2) is 0 Å². The maximum atomic E-state index is 12.1. The van der Waals surface area contributed by atoms with Gasteiger partial charge in [-0.1, -0.05) is 19.8 Å². The van der Waals surface area contributed by atoms with E-state index in [2.05, 4.69) is 12.2 Å². The van der Waals surface area contributed by atoms with E-state index in [0.717, 1.165) is 24.8 Å². The Balaban J connectivity index is 2.03. The van der Waals surface area contributed by atoms with Gasteiger partial charge >= 0.3 is 0 Å². The van der Waals surface area contributed by atoms with Crippen molar-refractivity contribution in [1.29, 1.82) is 5.26 Å². The topological polar surface area (TPSA) is 52.9 Å². The molecule has 1 aromatic rings. The number of nitriles is 1. The molecule has 1 aliphatic carbocycles. The van der Waals surface area contributed by atoms with E-state index in [1.54, 1.807) is 17.4 Å². The third-order valence-electron chi connectivity index (χ3n) is 3.65. The summed E-state index contributed by atoms with van der Waals surface area (Å²) in [5, 5.41) is 16.0. The van der Waals surface area contributed by atoms with Crippen molar-refractivity contribution in [3.63, 3.8) is 0 Å². The molecule has 100 valence electrons. The van der Waals surface area contributed by atoms with Gasteiger partial charge in [0, 0.05) is 6.04 Å². The van der Waals surface area contributed by atoms with E-state index in [9.17, 15) is 4.79 Å². The van der Waals surface area contributed by atoms with Crippen LogP contribution in [0.2, 0.25) is 0 Å². The van der Waals surface area contributed by atoms with Crippen LogP contribution in [0.1, 0.15) is 38.2 Å². The third kappa shape index (κ3) is 3.68. The number of thiophene rings is 1. The third-order valence-corrected chi connectivity index (χ3v) is 4.35. The fraction of sp³-hybridized carbons (Fsp3) is 0.467. The molecule has 0 radical (unpaired) electrons. The number of rotatable bonds is 3. The number of amides is 1. The van der Waals surface area contributed by atoms with Crippen molar-refractivity contribution < 1.29 is 4.79 Å². The number of carbonyl (C=O) groups is 1. The summed E-state index contributed by atoms with van der Waals surface area (Å²) < 4.78 is 0. The first-order valence-electron chi connectivity index (χ1n) is 6.65. The molecule has 1 N–H and O–H groups in total. The van der Waals surface area contributed by atoms with Crippen molar-refractivity contribution in [2.45, 2.75) is 38.6 Å². The summed E-state index contributed by atoms with van der Waals surface area (Å²) in [5.41, 5.74) is 1.10. The van der Waals surface area contributed by atoms with Crippen LogP contribution in [0.5, 0.6) is 0 Å². The van der Waals surface area contributed by atoms with E-state index in [-0.39, 0.29) is 17.5 Å². The lowest BCUT2D eigenvalue weighted by Crippen LogP contribution is -2.41. The maximum Gasteiger partial charge on any atom is 0.262 e. The molecule has 1 aromatic heterocycles. The fourth-order valence-corrected chi connectivity index (χ4v) is 3.07. The summed E-state index contributed by atoms with van der Waals surface area (Å²) in [5.74, 6) is 0.256.